The number of ether oxygens (including phenoxy) is 1. The van der Waals surface area contributed by atoms with E-state index >= 15 is 0 Å². The summed E-state index contributed by atoms with van der Waals surface area (Å²) in [6.45, 7) is 7.35. The first kappa shape index (κ1) is 21.6. The van der Waals surface area contributed by atoms with Crippen molar-refractivity contribution in [2.75, 3.05) is 11.9 Å². The number of hydrogen-bond acceptors (Lipinski definition) is 5. The molecule has 6 nitrogen and oxygen atoms in total. The van der Waals surface area contributed by atoms with Crippen molar-refractivity contribution in [3.63, 3.8) is 0 Å². The van der Waals surface area contributed by atoms with Crippen molar-refractivity contribution < 1.29 is 19.1 Å². The zero-order valence-corrected chi connectivity index (χ0v) is 18.2. The number of anilines is 1. The van der Waals surface area contributed by atoms with Gasteiger partial charge >= 0.3 is 0 Å². The molecule has 0 atom stereocenters. The third kappa shape index (κ3) is 5.10. The van der Waals surface area contributed by atoms with Crippen molar-refractivity contribution in [2.24, 2.45) is 0 Å². The van der Waals surface area contributed by atoms with E-state index in [1.165, 1.54) is 0 Å². The lowest BCUT2D eigenvalue weighted by atomic mass is 10.1. The number of carbonyl (C=O) groups is 3. The fraction of sp³-hybridized carbons (Fsp3) is 0.261. The van der Waals surface area contributed by atoms with Gasteiger partial charge in [0.05, 0.1) is 11.0 Å². The molecule has 0 bridgehead atoms. The molecule has 0 aliphatic carbocycles. The summed E-state index contributed by atoms with van der Waals surface area (Å²) in [6.07, 6.45) is 1.72. The number of para-hydroxylation sites is 1. The molecule has 3 amide bonds. The van der Waals surface area contributed by atoms with Crippen molar-refractivity contribution >= 4 is 40.6 Å². The smallest absolute Gasteiger partial charge is 0.294 e. The molecule has 1 heterocycles. The molecule has 1 fully saturated rings. The Labute approximate surface area is 180 Å². The van der Waals surface area contributed by atoms with E-state index in [-0.39, 0.29) is 17.6 Å². The third-order valence-corrected chi connectivity index (χ3v) is 5.38. The van der Waals surface area contributed by atoms with E-state index in [0.29, 0.717) is 5.69 Å². The van der Waals surface area contributed by atoms with Crippen LogP contribution in [0.3, 0.4) is 0 Å². The second-order valence-electron chi connectivity index (χ2n) is 7.32. The number of aryl methyl sites for hydroxylation is 2. The summed E-state index contributed by atoms with van der Waals surface area (Å²) in [7, 11) is 0. The molecule has 1 aliphatic rings. The molecule has 2 aromatic rings. The van der Waals surface area contributed by atoms with Gasteiger partial charge in [0.15, 0.2) is 0 Å². The summed E-state index contributed by atoms with van der Waals surface area (Å²) in [5.41, 5.74) is 3.31. The van der Waals surface area contributed by atoms with E-state index in [0.717, 1.165) is 39.1 Å². The number of nitrogens with zero attached hydrogens (tertiary/aromatic N) is 1. The molecule has 1 N–H and O–H groups in total. The van der Waals surface area contributed by atoms with E-state index in [9.17, 15) is 14.4 Å². The zero-order chi connectivity index (χ0) is 21.8. The number of hydrogen-bond donors (Lipinski definition) is 1. The lowest BCUT2D eigenvalue weighted by Gasteiger charge is -2.15. The van der Waals surface area contributed by atoms with Gasteiger partial charge in [-0.1, -0.05) is 30.3 Å². The molecule has 1 aliphatic heterocycles. The molecular weight excluding hydrogens is 400 g/mol. The zero-order valence-electron chi connectivity index (χ0n) is 17.4. The minimum atomic E-state index is -0.468. The van der Waals surface area contributed by atoms with E-state index in [4.69, 9.17) is 4.74 Å². The first-order valence-corrected chi connectivity index (χ1v) is 10.4. The van der Waals surface area contributed by atoms with Gasteiger partial charge in [-0.05, 0) is 74.4 Å². The maximum Gasteiger partial charge on any atom is 0.294 e. The molecule has 30 heavy (non-hydrogen) atoms. The van der Waals surface area contributed by atoms with Gasteiger partial charge in [0.1, 0.15) is 12.3 Å². The molecule has 156 valence electrons. The summed E-state index contributed by atoms with van der Waals surface area (Å²) >= 11 is 0.833. The largest absolute Gasteiger partial charge is 0.491 e. The minimum absolute atomic E-state index is 0.0713. The second kappa shape index (κ2) is 9.17. The Morgan fingerprint density at radius 2 is 1.73 bits per heavy atom. The number of rotatable bonds is 6. The molecular formula is C23H24N2O4S. The second-order valence-corrected chi connectivity index (χ2v) is 8.31. The Bertz CT molecular complexity index is 992. The van der Waals surface area contributed by atoms with Crippen LogP contribution in [0.4, 0.5) is 10.5 Å². The van der Waals surface area contributed by atoms with Crippen LogP contribution in [0, 0.1) is 13.8 Å². The summed E-state index contributed by atoms with van der Waals surface area (Å²) in [5.74, 6) is -0.145. The molecule has 0 saturated carbocycles. The monoisotopic (exact) mass is 424 g/mol. The van der Waals surface area contributed by atoms with Crippen LogP contribution < -0.4 is 10.1 Å². The fourth-order valence-electron chi connectivity index (χ4n) is 3.04. The highest BCUT2D eigenvalue weighted by Gasteiger charge is 2.36. The van der Waals surface area contributed by atoms with Crippen LogP contribution >= 0.6 is 11.8 Å². The molecule has 0 spiro atoms. The number of thioether (sulfide) groups is 1. The van der Waals surface area contributed by atoms with Gasteiger partial charge in [0.2, 0.25) is 5.91 Å². The average molecular weight is 425 g/mol. The summed E-state index contributed by atoms with van der Waals surface area (Å²) in [5, 5.41) is 2.35. The Hall–Kier alpha value is -3.06. The van der Waals surface area contributed by atoms with Crippen molar-refractivity contribution in [3.05, 3.63) is 64.1 Å². The topological polar surface area (TPSA) is 75.7 Å². The minimum Gasteiger partial charge on any atom is -0.491 e. The van der Waals surface area contributed by atoms with Crippen LogP contribution in [-0.2, 0) is 9.59 Å². The predicted molar refractivity (Wildman–Crippen MR) is 119 cm³/mol. The van der Waals surface area contributed by atoms with Crippen molar-refractivity contribution in [1.82, 2.24) is 4.90 Å². The molecule has 0 aromatic heterocycles. The van der Waals surface area contributed by atoms with Crippen molar-refractivity contribution in [2.45, 2.75) is 33.8 Å². The predicted octanol–water partition coefficient (Wildman–Crippen LogP) is 4.77. The van der Waals surface area contributed by atoms with Crippen LogP contribution in [0.1, 0.15) is 30.5 Å². The number of benzene rings is 2. The Morgan fingerprint density at radius 1 is 1.10 bits per heavy atom. The third-order valence-electron chi connectivity index (χ3n) is 4.47. The van der Waals surface area contributed by atoms with Gasteiger partial charge in [-0.3, -0.25) is 19.3 Å². The highest BCUT2D eigenvalue weighted by molar-refractivity contribution is 8.18. The first-order chi connectivity index (χ1) is 14.2. The van der Waals surface area contributed by atoms with Gasteiger partial charge in [-0.15, -0.1) is 0 Å². The van der Waals surface area contributed by atoms with Gasteiger partial charge in [-0.2, -0.15) is 0 Å². The Kier molecular flexibility index (Phi) is 6.62. The van der Waals surface area contributed by atoms with E-state index in [1.807, 2.05) is 70.2 Å². The summed E-state index contributed by atoms with van der Waals surface area (Å²) in [4.78, 5) is 38.7. The Balaban J connectivity index is 1.68. The molecule has 3 rings (SSSR count). The summed E-state index contributed by atoms with van der Waals surface area (Å²) < 4.78 is 5.60. The highest BCUT2D eigenvalue weighted by atomic mass is 32.2. The number of carbonyl (C=O) groups excluding carboxylic acids is 3. The van der Waals surface area contributed by atoms with Crippen LogP contribution in [0.15, 0.2) is 47.4 Å². The fourth-order valence-corrected chi connectivity index (χ4v) is 3.87. The molecule has 1 saturated heterocycles. The lowest BCUT2D eigenvalue weighted by Crippen LogP contribution is -2.36. The number of imide groups is 1. The quantitative estimate of drug-likeness (QED) is 0.677. The van der Waals surface area contributed by atoms with Gasteiger partial charge in [-0.25, -0.2) is 0 Å². The number of nitrogens with one attached hydrogen (secondary N) is 1. The van der Waals surface area contributed by atoms with Crippen LogP contribution in [-0.4, -0.2) is 34.6 Å². The maximum absolute atomic E-state index is 12.7. The number of amides is 3. The molecule has 0 unspecified atom stereocenters. The van der Waals surface area contributed by atoms with Crippen molar-refractivity contribution in [1.29, 1.82) is 0 Å². The average Bonchev–Trinajstić information content (AvgIpc) is 2.93. The molecule has 7 heteroatoms. The molecule has 2 aromatic carbocycles. The SMILES string of the molecule is Cc1cccc(C)c1NC(=O)CN1C(=O)S/C(=C\c2ccc(OC(C)C)cc2)C1=O. The van der Waals surface area contributed by atoms with E-state index < -0.39 is 17.1 Å². The Morgan fingerprint density at radius 3 is 2.33 bits per heavy atom. The van der Waals surface area contributed by atoms with Gasteiger partial charge in [0.25, 0.3) is 11.1 Å². The normalized spacial score (nSPS) is 15.2. The van der Waals surface area contributed by atoms with E-state index in [1.54, 1.807) is 6.08 Å². The van der Waals surface area contributed by atoms with Gasteiger partial charge in [0, 0.05) is 5.69 Å². The van der Waals surface area contributed by atoms with Crippen LogP contribution in [0.5, 0.6) is 5.75 Å². The van der Waals surface area contributed by atoms with Crippen molar-refractivity contribution in [3.8, 4) is 5.75 Å². The maximum atomic E-state index is 12.7. The lowest BCUT2D eigenvalue weighted by molar-refractivity contribution is -0.127. The first-order valence-electron chi connectivity index (χ1n) is 9.62. The van der Waals surface area contributed by atoms with Crippen LogP contribution in [0.2, 0.25) is 0 Å². The van der Waals surface area contributed by atoms with E-state index in [2.05, 4.69) is 5.32 Å². The van der Waals surface area contributed by atoms with Crippen LogP contribution in [0.25, 0.3) is 6.08 Å². The standard InChI is InChI=1S/C23H24N2O4S/c1-14(2)29-18-10-8-17(9-11-18)12-19-22(27)25(23(28)30-19)13-20(26)24-21-15(3)6-5-7-16(21)4/h5-12,14H,13H2,1-4H3,(H,24,26)/b19-12-. The highest BCUT2D eigenvalue weighted by Crippen LogP contribution is 2.32. The van der Waals surface area contributed by atoms with Gasteiger partial charge < -0.3 is 10.1 Å². The summed E-state index contributed by atoms with van der Waals surface area (Å²) in [6, 6.07) is 13.0. The molecule has 0 radical (unpaired) electrons.